The summed E-state index contributed by atoms with van der Waals surface area (Å²) in [7, 11) is 1.66. The second kappa shape index (κ2) is 10.0. The summed E-state index contributed by atoms with van der Waals surface area (Å²) in [6.45, 7) is 4.72. The Kier molecular flexibility index (Phi) is 7.66. The molecule has 1 aromatic rings. The lowest BCUT2D eigenvalue weighted by atomic mass is 10.3. The third-order valence-electron chi connectivity index (χ3n) is 3.52. The maximum atomic E-state index is 5.66. The highest BCUT2D eigenvalue weighted by molar-refractivity contribution is 5.80. The van der Waals surface area contributed by atoms with Crippen LogP contribution in [-0.4, -0.2) is 43.9 Å². The van der Waals surface area contributed by atoms with Crippen LogP contribution < -0.4 is 15.4 Å². The predicted molar refractivity (Wildman–Crippen MR) is 91.8 cm³/mol. The number of unbranched alkanes of at least 4 members (excludes halogenated alkanes) is 1. The van der Waals surface area contributed by atoms with Gasteiger partial charge in [-0.2, -0.15) is 0 Å². The lowest BCUT2D eigenvalue weighted by molar-refractivity contribution is 0.143. The molecule has 1 aliphatic carbocycles. The fourth-order valence-corrected chi connectivity index (χ4v) is 2.02. The van der Waals surface area contributed by atoms with Gasteiger partial charge in [0.2, 0.25) is 5.88 Å². The summed E-state index contributed by atoms with van der Waals surface area (Å²) in [5.74, 6) is 1.51. The van der Waals surface area contributed by atoms with Gasteiger partial charge in [0, 0.05) is 31.5 Å². The maximum absolute atomic E-state index is 5.66. The van der Waals surface area contributed by atoms with Crippen LogP contribution in [0.3, 0.4) is 0 Å². The first-order chi connectivity index (χ1) is 11.3. The lowest BCUT2D eigenvalue weighted by Crippen LogP contribution is -2.39. The average Bonchev–Trinajstić information content (AvgIpc) is 3.38. The summed E-state index contributed by atoms with van der Waals surface area (Å²) in [4.78, 5) is 8.97. The number of aliphatic imine (C=N–C) groups is 1. The van der Waals surface area contributed by atoms with Crippen LogP contribution >= 0.6 is 0 Å². The SMILES string of the molecule is CCCCNC(=NCc1cccnc1OCCOC)NC1CC1. The van der Waals surface area contributed by atoms with Crippen molar-refractivity contribution in [3.63, 3.8) is 0 Å². The standard InChI is InChI=1S/C17H28N4O2/c1-3-4-9-19-17(21-15-7-8-15)20-13-14-6-5-10-18-16(14)23-12-11-22-2/h5-6,10,15H,3-4,7-9,11-13H2,1-2H3,(H2,19,20,21). The Morgan fingerprint density at radius 1 is 1.39 bits per heavy atom. The zero-order chi connectivity index (χ0) is 16.3. The highest BCUT2D eigenvalue weighted by Gasteiger charge is 2.22. The van der Waals surface area contributed by atoms with Gasteiger partial charge >= 0.3 is 0 Å². The number of methoxy groups -OCH3 is 1. The van der Waals surface area contributed by atoms with E-state index in [0.29, 0.717) is 31.7 Å². The molecule has 0 spiro atoms. The fourth-order valence-electron chi connectivity index (χ4n) is 2.02. The summed E-state index contributed by atoms with van der Waals surface area (Å²) in [5, 5.41) is 6.84. The highest BCUT2D eigenvalue weighted by Crippen LogP contribution is 2.19. The number of hydrogen-bond acceptors (Lipinski definition) is 4. The Hall–Kier alpha value is -1.82. The molecule has 0 aromatic carbocycles. The fraction of sp³-hybridized carbons (Fsp3) is 0.647. The number of aromatic nitrogens is 1. The molecule has 1 aromatic heterocycles. The molecule has 0 radical (unpaired) electrons. The molecule has 2 rings (SSSR count). The first-order valence-electron chi connectivity index (χ1n) is 8.44. The molecule has 1 saturated carbocycles. The second-order valence-corrected chi connectivity index (χ2v) is 5.67. The van der Waals surface area contributed by atoms with Crippen molar-refractivity contribution in [2.45, 2.75) is 45.2 Å². The highest BCUT2D eigenvalue weighted by atomic mass is 16.5. The Bertz CT molecular complexity index is 489. The van der Waals surface area contributed by atoms with Gasteiger partial charge < -0.3 is 20.1 Å². The summed E-state index contributed by atoms with van der Waals surface area (Å²) in [5.41, 5.74) is 0.982. The van der Waals surface area contributed by atoms with Crippen LogP contribution in [0.25, 0.3) is 0 Å². The molecule has 2 N–H and O–H groups in total. The van der Waals surface area contributed by atoms with Crippen molar-refractivity contribution in [3.05, 3.63) is 23.9 Å². The predicted octanol–water partition coefficient (Wildman–Crippen LogP) is 2.10. The molecule has 6 nitrogen and oxygen atoms in total. The molecule has 1 fully saturated rings. The van der Waals surface area contributed by atoms with Gasteiger partial charge in [-0.1, -0.05) is 19.4 Å². The first-order valence-corrected chi connectivity index (χ1v) is 8.44. The van der Waals surface area contributed by atoms with E-state index in [-0.39, 0.29) is 0 Å². The van der Waals surface area contributed by atoms with Crippen LogP contribution in [0.2, 0.25) is 0 Å². The van der Waals surface area contributed by atoms with Crippen LogP contribution in [0, 0.1) is 0 Å². The number of guanidine groups is 1. The molecule has 23 heavy (non-hydrogen) atoms. The Morgan fingerprint density at radius 2 is 2.26 bits per heavy atom. The van der Waals surface area contributed by atoms with Crippen LogP contribution in [0.15, 0.2) is 23.3 Å². The van der Waals surface area contributed by atoms with Crippen molar-refractivity contribution in [3.8, 4) is 5.88 Å². The van der Waals surface area contributed by atoms with Gasteiger partial charge in [0.05, 0.1) is 13.2 Å². The number of pyridine rings is 1. The summed E-state index contributed by atoms with van der Waals surface area (Å²) < 4.78 is 10.7. The zero-order valence-corrected chi connectivity index (χ0v) is 14.2. The number of ether oxygens (including phenoxy) is 2. The Morgan fingerprint density at radius 3 is 3.00 bits per heavy atom. The van der Waals surface area contributed by atoms with Crippen molar-refractivity contribution >= 4 is 5.96 Å². The van der Waals surface area contributed by atoms with E-state index in [1.165, 1.54) is 19.3 Å². The number of nitrogens with one attached hydrogen (secondary N) is 2. The topological polar surface area (TPSA) is 67.8 Å². The molecule has 1 heterocycles. The van der Waals surface area contributed by atoms with E-state index in [4.69, 9.17) is 9.47 Å². The van der Waals surface area contributed by atoms with Gasteiger partial charge in [-0.15, -0.1) is 0 Å². The summed E-state index contributed by atoms with van der Waals surface area (Å²) in [6.07, 6.45) is 6.51. The van der Waals surface area contributed by atoms with Gasteiger partial charge in [-0.25, -0.2) is 9.98 Å². The smallest absolute Gasteiger partial charge is 0.218 e. The van der Waals surface area contributed by atoms with Gasteiger partial charge in [-0.3, -0.25) is 0 Å². The number of nitrogens with zero attached hydrogens (tertiary/aromatic N) is 2. The average molecular weight is 320 g/mol. The molecule has 0 saturated heterocycles. The van der Waals surface area contributed by atoms with E-state index >= 15 is 0 Å². The van der Waals surface area contributed by atoms with E-state index < -0.39 is 0 Å². The quantitative estimate of drug-likeness (QED) is 0.393. The largest absolute Gasteiger partial charge is 0.475 e. The van der Waals surface area contributed by atoms with Crippen LogP contribution in [0.5, 0.6) is 5.88 Å². The molecule has 0 atom stereocenters. The monoisotopic (exact) mass is 320 g/mol. The van der Waals surface area contributed by atoms with Crippen LogP contribution in [0.1, 0.15) is 38.2 Å². The Balaban J connectivity index is 1.93. The maximum Gasteiger partial charge on any atom is 0.218 e. The van der Waals surface area contributed by atoms with E-state index in [2.05, 4.69) is 27.5 Å². The molecule has 0 unspecified atom stereocenters. The first kappa shape index (κ1) is 17.5. The van der Waals surface area contributed by atoms with Crippen molar-refractivity contribution in [1.82, 2.24) is 15.6 Å². The normalized spacial score (nSPS) is 14.6. The lowest BCUT2D eigenvalue weighted by Gasteiger charge is -2.12. The van der Waals surface area contributed by atoms with E-state index in [0.717, 1.165) is 24.5 Å². The van der Waals surface area contributed by atoms with Crippen LogP contribution in [0.4, 0.5) is 0 Å². The van der Waals surface area contributed by atoms with E-state index in [1.807, 2.05) is 12.1 Å². The molecule has 6 heteroatoms. The molecule has 1 aliphatic rings. The Labute approximate surface area is 138 Å². The van der Waals surface area contributed by atoms with Crippen molar-refractivity contribution in [1.29, 1.82) is 0 Å². The van der Waals surface area contributed by atoms with Gasteiger partial charge in [0.25, 0.3) is 0 Å². The number of hydrogen-bond donors (Lipinski definition) is 2. The van der Waals surface area contributed by atoms with Gasteiger partial charge in [0.15, 0.2) is 5.96 Å². The van der Waals surface area contributed by atoms with Gasteiger partial charge in [-0.05, 0) is 25.3 Å². The van der Waals surface area contributed by atoms with Gasteiger partial charge in [0.1, 0.15) is 6.61 Å². The molecular weight excluding hydrogens is 292 g/mol. The second-order valence-electron chi connectivity index (χ2n) is 5.67. The third-order valence-corrected chi connectivity index (χ3v) is 3.52. The molecular formula is C17H28N4O2. The van der Waals surface area contributed by atoms with Crippen LogP contribution in [-0.2, 0) is 11.3 Å². The molecule has 0 amide bonds. The summed E-state index contributed by atoms with van der Waals surface area (Å²) in [6, 6.07) is 4.49. The van der Waals surface area contributed by atoms with E-state index in [9.17, 15) is 0 Å². The van der Waals surface area contributed by atoms with Crippen molar-refractivity contribution in [2.75, 3.05) is 26.9 Å². The van der Waals surface area contributed by atoms with Crippen molar-refractivity contribution < 1.29 is 9.47 Å². The minimum atomic E-state index is 0.492. The number of rotatable bonds is 10. The minimum Gasteiger partial charge on any atom is -0.475 e. The van der Waals surface area contributed by atoms with E-state index in [1.54, 1.807) is 13.3 Å². The molecule has 0 bridgehead atoms. The van der Waals surface area contributed by atoms with Crippen molar-refractivity contribution in [2.24, 2.45) is 4.99 Å². The molecule has 128 valence electrons. The summed E-state index contributed by atoms with van der Waals surface area (Å²) >= 11 is 0. The molecule has 0 aliphatic heterocycles. The minimum absolute atomic E-state index is 0.492. The third kappa shape index (κ3) is 6.86. The zero-order valence-electron chi connectivity index (χ0n) is 14.2.